The zero-order chi connectivity index (χ0) is 28.4. The number of hydrogen-bond acceptors (Lipinski definition) is 7. The number of aliphatic hydroxyl groups is 1. The number of amides is 3. The highest BCUT2D eigenvalue weighted by Gasteiger charge is 2.51. The van der Waals surface area contributed by atoms with Gasteiger partial charge in [-0.05, 0) is 48.6 Å². The second kappa shape index (κ2) is 11.2. The Hall–Kier alpha value is -4.05. The van der Waals surface area contributed by atoms with Gasteiger partial charge in [0.05, 0.1) is 29.6 Å². The van der Waals surface area contributed by atoms with E-state index in [-0.39, 0.29) is 37.3 Å². The molecule has 0 bridgehead atoms. The molecule has 0 saturated heterocycles. The highest BCUT2D eigenvalue weighted by molar-refractivity contribution is 6.06. The molecule has 4 N–H and O–H groups in total. The van der Waals surface area contributed by atoms with Crippen LogP contribution in [-0.4, -0.2) is 69.7 Å². The number of rotatable bonds is 8. The number of aromatic nitrogens is 1. The third-order valence-electron chi connectivity index (χ3n) is 7.81. The Balaban J connectivity index is 1.37. The van der Waals surface area contributed by atoms with Crippen LogP contribution in [0, 0.1) is 6.92 Å². The number of fused-ring (bicyclic) bond motifs is 2. The molecule has 10 nitrogen and oxygen atoms in total. The molecule has 10 heteroatoms. The highest BCUT2D eigenvalue weighted by Crippen LogP contribution is 2.50. The molecule has 1 saturated carbocycles. The van der Waals surface area contributed by atoms with Crippen molar-refractivity contribution in [3.8, 4) is 0 Å². The molecule has 0 unspecified atom stereocenters. The lowest BCUT2D eigenvalue weighted by Crippen LogP contribution is -2.36. The van der Waals surface area contributed by atoms with Crippen LogP contribution in [0.4, 0.5) is 11.4 Å². The van der Waals surface area contributed by atoms with Gasteiger partial charge in [0.15, 0.2) is 0 Å². The van der Waals surface area contributed by atoms with E-state index < -0.39 is 5.41 Å². The Bertz CT molecular complexity index is 1400. The summed E-state index contributed by atoms with van der Waals surface area (Å²) in [5.41, 5.74) is 10.7. The third-order valence-corrected chi connectivity index (χ3v) is 7.81. The van der Waals surface area contributed by atoms with Crippen molar-refractivity contribution < 1.29 is 19.5 Å². The van der Waals surface area contributed by atoms with E-state index in [1.807, 2.05) is 37.3 Å². The number of pyridine rings is 1. The van der Waals surface area contributed by atoms with E-state index in [4.69, 9.17) is 5.73 Å². The van der Waals surface area contributed by atoms with E-state index in [0.29, 0.717) is 61.7 Å². The molecule has 40 heavy (non-hydrogen) atoms. The maximum atomic E-state index is 13.5. The second-order valence-electron chi connectivity index (χ2n) is 10.7. The van der Waals surface area contributed by atoms with Crippen molar-refractivity contribution in [2.24, 2.45) is 10.7 Å². The summed E-state index contributed by atoms with van der Waals surface area (Å²) in [6.07, 6.45) is 6.53. The molecular weight excluding hydrogens is 508 g/mol. The first kappa shape index (κ1) is 27.5. The molecule has 2 aromatic rings. The van der Waals surface area contributed by atoms with Gasteiger partial charge in [0, 0.05) is 62.8 Å². The molecule has 3 heterocycles. The number of nitrogens with zero attached hydrogens (tertiary/aromatic N) is 4. The minimum Gasteiger partial charge on any atom is -0.395 e. The van der Waals surface area contributed by atoms with Gasteiger partial charge in [-0.2, -0.15) is 0 Å². The van der Waals surface area contributed by atoms with Crippen LogP contribution in [0.2, 0.25) is 0 Å². The smallest absolute Gasteiger partial charge is 0.250 e. The van der Waals surface area contributed by atoms with Crippen molar-refractivity contribution in [1.29, 1.82) is 0 Å². The molecule has 3 amide bonds. The number of amidine groups is 1. The van der Waals surface area contributed by atoms with Crippen LogP contribution in [0.25, 0.3) is 6.08 Å². The summed E-state index contributed by atoms with van der Waals surface area (Å²) in [7, 11) is 0. The summed E-state index contributed by atoms with van der Waals surface area (Å²) in [4.78, 5) is 50.8. The predicted molar refractivity (Wildman–Crippen MR) is 153 cm³/mol. The first-order chi connectivity index (χ1) is 19.2. The van der Waals surface area contributed by atoms with Crippen molar-refractivity contribution >= 4 is 41.0 Å². The zero-order valence-corrected chi connectivity index (χ0v) is 22.8. The van der Waals surface area contributed by atoms with Crippen molar-refractivity contribution in [1.82, 2.24) is 14.8 Å². The van der Waals surface area contributed by atoms with Crippen LogP contribution < -0.4 is 11.1 Å². The fraction of sp³-hybridized carbons (Fsp3) is 0.400. The lowest BCUT2D eigenvalue weighted by Gasteiger charge is -2.27. The van der Waals surface area contributed by atoms with Crippen LogP contribution in [0.1, 0.15) is 55.0 Å². The monoisotopic (exact) mass is 543 g/mol. The molecule has 3 aliphatic rings. The minimum atomic E-state index is -0.682. The van der Waals surface area contributed by atoms with Gasteiger partial charge in [0.25, 0.3) is 0 Å². The maximum absolute atomic E-state index is 13.5. The fourth-order valence-corrected chi connectivity index (χ4v) is 5.46. The Kier molecular flexibility index (Phi) is 7.71. The molecule has 1 aliphatic carbocycles. The average molecular weight is 544 g/mol. The number of carbonyl (C=O) groups excluding carboxylic acids is 3. The van der Waals surface area contributed by atoms with Crippen molar-refractivity contribution in [2.75, 3.05) is 31.6 Å². The second-order valence-corrected chi connectivity index (χ2v) is 10.7. The number of nitrogens with two attached hydrogens (primary N) is 1. The molecule has 1 radical (unpaired) electrons. The van der Waals surface area contributed by atoms with Crippen molar-refractivity contribution in [3.63, 3.8) is 0 Å². The van der Waals surface area contributed by atoms with Crippen LogP contribution in [0.15, 0.2) is 41.0 Å². The molecule has 1 fully saturated rings. The molecular formula is C30H35N6O4. The molecule has 2 aliphatic heterocycles. The van der Waals surface area contributed by atoms with Gasteiger partial charge in [-0.15, -0.1) is 0 Å². The molecule has 0 atom stereocenters. The summed E-state index contributed by atoms with van der Waals surface area (Å²) >= 11 is 0. The molecule has 1 aromatic carbocycles. The lowest BCUT2D eigenvalue weighted by molar-refractivity contribution is -0.128. The average Bonchev–Trinajstić information content (AvgIpc) is 3.76. The third kappa shape index (κ3) is 5.49. The van der Waals surface area contributed by atoms with E-state index in [1.54, 1.807) is 16.0 Å². The molecule has 0 spiro atoms. The fourth-order valence-electron chi connectivity index (χ4n) is 5.46. The van der Waals surface area contributed by atoms with Gasteiger partial charge in [0.2, 0.25) is 17.7 Å². The largest absolute Gasteiger partial charge is 0.395 e. The summed E-state index contributed by atoms with van der Waals surface area (Å²) in [5.74, 6) is -0.185. The SMILES string of the molecule is [CH2]C(=O)N1CCc2ncc(NC(=O)C3(c4ccc5c(c4)N=C(N)CC(C(=O)N(CCC)CCO)=C5)CC3)cc2C1. The number of nitrogens with one attached hydrogen (secondary N) is 1. The molecule has 5 rings (SSSR count). The summed E-state index contributed by atoms with van der Waals surface area (Å²) < 4.78 is 0. The van der Waals surface area contributed by atoms with Gasteiger partial charge in [-0.1, -0.05) is 19.1 Å². The Morgan fingerprint density at radius 1 is 1.23 bits per heavy atom. The first-order valence-electron chi connectivity index (χ1n) is 13.7. The highest BCUT2D eigenvalue weighted by atomic mass is 16.3. The lowest BCUT2D eigenvalue weighted by atomic mass is 9.92. The normalized spacial score (nSPS) is 17.0. The summed E-state index contributed by atoms with van der Waals surface area (Å²) in [5, 5.41) is 12.4. The number of anilines is 1. The molecule has 209 valence electrons. The Labute approximate surface area is 234 Å². The van der Waals surface area contributed by atoms with Crippen LogP contribution in [-0.2, 0) is 32.8 Å². The van der Waals surface area contributed by atoms with Gasteiger partial charge in [-0.25, -0.2) is 4.99 Å². The molecule has 1 aromatic heterocycles. The number of aliphatic hydroxyl groups excluding tert-OH is 1. The minimum absolute atomic E-state index is 0.109. The van der Waals surface area contributed by atoms with E-state index in [2.05, 4.69) is 22.2 Å². The van der Waals surface area contributed by atoms with Gasteiger partial charge < -0.3 is 26.0 Å². The van der Waals surface area contributed by atoms with Crippen LogP contribution in [0.3, 0.4) is 0 Å². The summed E-state index contributed by atoms with van der Waals surface area (Å²) in [6.45, 7) is 7.20. The van der Waals surface area contributed by atoms with Gasteiger partial charge >= 0.3 is 0 Å². The van der Waals surface area contributed by atoms with E-state index in [0.717, 1.165) is 28.8 Å². The summed E-state index contributed by atoms with van der Waals surface area (Å²) in [6, 6.07) is 7.57. The number of hydrogen-bond donors (Lipinski definition) is 3. The number of carbonyl (C=O) groups is 3. The zero-order valence-electron chi connectivity index (χ0n) is 22.8. The Morgan fingerprint density at radius 3 is 2.73 bits per heavy atom. The number of aliphatic imine (C=N–C) groups is 1. The first-order valence-corrected chi connectivity index (χ1v) is 13.7. The van der Waals surface area contributed by atoms with Crippen molar-refractivity contribution in [3.05, 3.63) is 65.3 Å². The standard InChI is InChI=1S/C30H35N6O4/c1-3-9-35(11-12-37)28(39)21-13-20-4-5-23(16-26(20)34-27(31)15-21)30(7-8-30)29(40)33-24-14-22-18-36(19(2)38)10-6-25(22)32-17-24/h4-5,13-14,16-17,37H,2-3,6-12,15,18H2,1H3,(H2,31,34)(H,33,40). The van der Waals surface area contributed by atoms with Gasteiger partial charge in [0.1, 0.15) is 5.84 Å². The maximum Gasteiger partial charge on any atom is 0.250 e. The Morgan fingerprint density at radius 2 is 2.02 bits per heavy atom. The van der Waals surface area contributed by atoms with E-state index in [9.17, 15) is 19.5 Å². The van der Waals surface area contributed by atoms with Crippen molar-refractivity contribution in [2.45, 2.75) is 51.0 Å². The topological polar surface area (TPSA) is 141 Å². The van der Waals surface area contributed by atoms with E-state index >= 15 is 0 Å². The predicted octanol–water partition coefficient (Wildman–Crippen LogP) is 2.48. The van der Waals surface area contributed by atoms with Crippen LogP contribution >= 0.6 is 0 Å². The van der Waals surface area contributed by atoms with Gasteiger partial charge in [-0.3, -0.25) is 19.4 Å². The van der Waals surface area contributed by atoms with Crippen LogP contribution in [0.5, 0.6) is 0 Å². The van der Waals surface area contributed by atoms with E-state index in [1.165, 1.54) is 0 Å². The number of benzene rings is 1. The quantitative estimate of drug-likeness (QED) is 0.467.